The summed E-state index contributed by atoms with van der Waals surface area (Å²) in [5.41, 5.74) is 4.09. The Morgan fingerprint density at radius 1 is 0.941 bits per heavy atom. The maximum Gasteiger partial charge on any atom is 0.266 e. The van der Waals surface area contributed by atoms with Gasteiger partial charge in [0.1, 0.15) is 5.82 Å². The van der Waals surface area contributed by atoms with Crippen LogP contribution in [0.4, 0.5) is 0 Å². The number of aryl methyl sites for hydroxylation is 1. The molecule has 1 atom stereocenters. The van der Waals surface area contributed by atoms with Crippen molar-refractivity contribution in [1.29, 1.82) is 0 Å². The summed E-state index contributed by atoms with van der Waals surface area (Å²) in [5, 5.41) is 0.547. The van der Waals surface area contributed by atoms with Crippen LogP contribution in [0.15, 0.2) is 77.6 Å². The van der Waals surface area contributed by atoms with Crippen LogP contribution in [0.3, 0.4) is 0 Å². The second-order valence-electron chi connectivity index (χ2n) is 9.88. The van der Waals surface area contributed by atoms with Gasteiger partial charge in [0, 0.05) is 12.6 Å². The van der Waals surface area contributed by atoms with Crippen molar-refractivity contribution in [3.05, 3.63) is 106 Å². The van der Waals surface area contributed by atoms with Gasteiger partial charge in [-0.25, -0.2) is 4.98 Å². The number of hydrogen-bond donors (Lipinski definition) is 0. The first kappa shape index (κ1) is 23.4. The van der Waals surface area contributed by atoms with E-state index >= 15 is 0 Å². The Kier molecular flexibility index (Phi) is 6.13. The number of carbonyl (C=O) groups excluding carboxylic acids is 1. The van der Waals surface area contributed by atoms with Crippen molar-refractivity contribution in [2.24, 2.45) is 0 Å². The van der Waals surface area contributed by atoms with Gasteiger partial charge in [-0.3, -0.25) is 14.2 Å². The fourth-order valence-corrected chi connectivity index (χ4v) is 4.04. The van der Waals surface area contributed by atoms with Crippen LogP contribution in [0.5, 0.6) is 0 Å². The van der Waals surface area contributed by atoms with Gasteiger partial charge in [-0.15, -0.1) is 0 Å². The van der Waals surface area contributed by atoms with E-state index in [-0.39, 0.29) is 16.9 Å². The van der Waals surface area contributed by atoms with E-state index in [0.29, 0.717) is 22.3 Å². The van der Waals surface area contributed by atoms with Crippen LogP contribution in [-0.4, -0.2) is 27.4 Å². The first-order valence-corrected chi connectivity index (χ1v) is 11.5. The van der Waals surface area contributed by atoms with E-state index in [1.807, 2.05) is 80.6 Å². The predicted octanol–water partition coefficient (Wildman–Crippen LogP) is 5.82. The van der Waals surface area contributed by atoms with Gasteiger partial charge < -0.3 is 4.90 Å². The molecule has 0 aliphatic carbocycles. The maximum atomic E-state index is 13.6. The Balaban J connectivity index is 1.79. The number of nitrogens with zero attached hydrogens (tertiary/aromatic N) is 3. The number of carbonyl (C=O) groups is 1. The number of aromatic nitrogens is 2. The molecule has 4 rings (SSSR count). The molecule has 1 aromatic heterocycles. The van der Waals surface area contributed by atoms with Crippen molar-refractivity contribution in [2.45, 2.75) is 46.1 Å². The molecule has 0 aliphatic heterocycles. The molecule has 0 fully saturated rings. The minimum absolute atomic E-state index is 0.0138. The SMILES string of the molecule is Cc1ccc(-n2c(C(C)N(C)C(=O)c3ccc(C(C)(C)C)cc3)nc3ccccc3c2=O)cc1. The third-order valence-corrected chi connectivity index (χ3v) is 6.37. The topological polar surface area (TPSA) is 55.2 Å². The van der Waals surface area contributed by atoms with Crippen LogP contribution in [0, 0.1) is 6.92 Å². The molecule has 5 nitrogen and oxygen atoms in total. The van der Waals surface area contributed by atoms with E-state index in [9.17, 15) is 9.59 Å². The number of amides is 1. The molecular formula is C29H31N3O2. The number of fused-ring (bicyclic) bond motifs is 1. The highest BCUT2D eigenvalue weighted by Crippen LogP contribution is 2.25. The van der Waals surface area contributed by atoms with E-state index in [1.165, 1.54) is 5.56 Å². The van der Waals surface area contributed by atoms with Crippen LogP contribution in [-0.2, 0) is 5.41 Å². The molecule has 5 heteroatoms. The average Bonchev–Trinajstić information content (AvgIpc) is 2.83. The first-order chi connectivity index (χ1) is 16.1. The minimum atomic E-state index is -0.437. The summed E-state index contributed by atoms with van der Waals surface area (Å²) in [6.07, 6.45) is 0. The number of hydrogen-bond acceptors (Lipinski definition) is 3. The van der Waals surface area contributed by atoms with Gasteiger partial charge in [0.05, 0.1) is 22.6 Å². The Labute approximate surface area is 200 Å². The fraction of sp³-hybridized carbons (Fsp3) is 0.276. The Bertz CT molecular complexity index is 1400. The molecular weight excluding hydrogens is 422 g/mol. The summed E-state index contributed by atoms with van der Waals surface area (Å²) in [7, 11) is 1.76. The fourth-order valence-electron chi connectivity index (χ4n) is 4.04. The smallest absolute Gasteiger partial charge is 0.266 e. The molecule has 0 saturated heterocycles. The molecule has 0 aliphatic rings. The zero-order valence-electron chi connectivity index (χ0n) is 20.7. The zero-order chi connectivity index (χ0) is 24.6. The van der Waals surface area contributed by atoms with Crippen LogP contribution in [0.25, 0.3) is 16.6 Å². The summed E-state index contributed by atoms with van der Waals surface area (Å²) in [5.74, 6) is 0.403. The van der Waals surface area contributed by atoms with Crippen LogP contribution < -0.4 is 5.56 Å². The minimum Gasteiger partial charge on any atom is -0.332 e. The van der Waals surface area contributed by atoms with Crippen LogP contribution in [0.1, 0.15) is 61.0 Å². The second-order valence-corrected chi connectivity index (χ2v) is 9.88. The van der Waals surface area contributed by atoms with Crippen molar-refractivity contribution in [1.82, 2.24) is 14.5 Å². The molecule has 174 valence electrons. The molecule has 0 N–H and O–H groups in total. The van der Waals surface area contributed by atoms with Gasteiger partial charge in [-0.1, -0.05) is 62.7 Å². The van der Waals surface area contributed by atoms with Gasteiger partial charge in [-0.05, 0) is 61.2 Å². The Morgan fingerprint density at radius 3 is 2.18 bits per heavy atom. The molecule has 3 aromatic carbocycles. The zero-order valence-corrected chi connectivity index (χ0v) is 20.7. The van der Waals surface area contributed by atoms with Gasteiger partial charge in [0.25, 0.3) is 11.5 Å². The molecule has 34 heavy (non-hydrogen) atoms. The summed E-state index contributed by atoms with van der Waals surface area (Å²) in [6.45, 7) is 10.4. The highest BCUT2D eigenvalue weighted by atomic mass is 16.2. The van der Waals surface area contributed by atoms with Crippen molar-refractivity contribution < 1.29 is 4.79 Å². The van der Waals surface area contributed by atoms with Gasteiger partial charge in [-0.2, -0.15) is 0 Å². The van der Waals surface area contributed by atoms with Gasteiger partial charge in [0.2, 0.25) is 0 Å². The molecule has 1 unspecified atom stereocenters. The quantitative estimate of drug-likeness (QED) is 0.391. The Hall–Kier alpha value is -3.73. The van der Waals surface area contributed by atoms with E-state index in [2.05, 4.69) is 20.8 Å². The molecule has 0 spiro atoms. The predicted molar refractivity (Wildman–Crippen MR) is 138 cm³/mol. The second kappa shape index (κ2) is 8.90. The normalized spacial score (nSPS) is 12.5. The highest BCUT2D eigenvalue weighted by Gasteiger charge is 2.25. The highest BCUT2D eigenvalue weighted by molar-refractivity contribution is 5.94. The molecule has 0 radical (unpaired) electrons. The van der Waals surface area contributed by atoms with Crippen molar-refractivity contribution in [3.8, 4) is 5.69 Å². The number of rotatable bonds is 4. The summed E-state index contributed by atoms with van der Waals surface area (Å²) in [4.78, 5) is 33.4. The number of benzene rings is 3. The Morgan fingerprint density at radius 2 is 1.56 bits per heavy atom. The summed E-state index contributed by atoms with van der Waals surface area (Å²) in [6, 6.07) is 22.4. The van der Waals surface area contributed by atoms with E-state index in [0.717, 1.165) is 11.3 Å². The lowest BCUT2D eigenvalue weighted by Crippen LogP contribution is -2.35. The number of para-hydroxylation sites is 1. The summed E-state index contributed by atoms with van der Waals surface area (Å²) >= 11 is 0. The van der Waals surface area contributed by atoms with Gasteiger partial charge in [0.15, 0.2) is 0 Å². The van der Waals surface area contributed by atoms with Crippen molar-refractivity contribution in [3.63, 3.8) is 0 Å². The van der Waals surface area contributed by atoms with E-state index < -0.39 is 6.04 Å². The van der Waals surface area contributed by atoms with Crippen molar-refractivity contribution in [2.75, 3.05) is 7.05 Å². The lowest BCUT2D eigenvalue weighted by atomic mass is 9.86. The molecule has 4 aromatic rings. The third-order valence-electron chi connectivity index (χ3n) is 6.37. The molecule has 1 amide bonds. The average molecular weight is 454 g/mol. The standard InChI is InChI=1S/C29H31N3O2/c1-19-11-17-23(18-12-19)32-26(30-25-10-8-7-9-24(25)28(32)34)20(2)31(6)27(33)21-13-15-22(16-14-21)29(3,4)5/h7-18,20H,1-6H3. The monoisotopic (exact) mass is 453 g/mol. The van der Waals surface area contributed by atoms with E-state index in [4.69, 9.17) is 4.98 Å². The largest absolute Gasteiger partial charge is 0.332 e. The lowest BCUT2D eigenvalue weighted by Gasteiger charge is -2.27. The third kappa shape index (κ3) is 4.38. The maximum absolute atomic E-state index is 13.6. The summed E-state index contributed by atoms with van der Waals surface area (Å²) < 4.78 is 1.62. The van der Waals surface area contributed by atoms with E-state index in [1.54, 1.807) is 22.6 Å². The van der Waals surface area contributed by atoms with Crippen LogP contribution in [0.2, 0.25) is 0 Å². The molecule has 1 heterocycles. The van der Waals surface area contributed by atoms with Gasteiger partial charge >= 0.3 is 0 Å². The van der Waals surface area contributed by atoms with Crippen LogP contribution >= 0.6 is 0 Å². The lowest BCUT2D eigenvalue weighted by molar-refractivity contribution is 0.0735. The first-order valence-electron chi connectivity index (χ1n) is 11.5. The van der Waals surface area contributed by atoms with Crippen molar-refractivity contribution >= 4 is 16.8 Å². The molecule has 0 saturated carbocycles. The molecule has 0 bridgehead atoms.